The van der Waals surface area contributed by atoms with Crippen molar-refractivity contribution in [3.05, 3.63) is 82.9 Å². The molecule has 3 aromatic carbocycles. The Balaban J connectivity index is 1.34. The number of anilines is 2. The Bertz CT molecular complexity index is 1400. The Kier molecular flexibility index (Phi) is 7.82. The van der Waals surface area contributed by atoms with E-state index in [-0.39, 0.29) is 11.7 Å². The summed E-state index contributed by atoms with van der Waals surface area (Å²) in [5.74, 6) is 0.764. The van der Waals surface area contributed by atoms with E-state index in [1.54, 1.807) is 0 Å². The summed E-state index contributed by atoms with van der Waals surface area (Å²) in [5.41, 5.74) is 5.97. The Morgan fingerprint density at radius 3 is 2.49 bits per heavy atom. The van der Waals surface area contributed by atoms with E-state index < -0.39 is 0 Å². The van der Waals surface area contributed by atoms with Crippen LogP contribution in [0.4, 0.5) is 11.4 Å². The smallest absolute Gasteiger partial charge is 0.234 e. The van der Waals surface area contributed by atoms with Gasteiger partial charge in [0, 0.05) is 30.0 Å². The first-order valence-corrected chi connectivity index (χ1v) is 13.9. The number of carbonyl (C=O) groups excluding carboxylic acids is 1. The van der Waals surface area contributed by atoms with Crippen molar-refractivity contribution in [2.24, 2.45) is 0 Å². The van der Waals surface area contributed by atoms with E-state index in [0.717, 1.165) is 41.2 Å². The first kappa shape index (κ1) is 25.4. The predicted octanol–water partition coefficient (Wildman–Crippen LogP) is 6.93. The molecule has 0 unspecified atom stereocenters. The Morgan fingerprint density at radius 2 is 1.73 bits per heavy atom. The SMILES string of the molecule is Cc1ccc(C)c(-n2c(SCC(=O)Nc3ccc(N4CCCCC4)cc3)nnc2-c2ccccc2Cl)c1. The number of nitrogens with one attached hydrogen (secondary N) is 1. The lowest BCUT2D eigenvalue weighted by molar-refractivity contribution is -0.113. The largest absolute Gasteiger partial charge is 0.372 e. The third-order valence-corrected chi connectivity index (χ3v) is 7.82. The van der Waals surface area contributed by atoms with Crippen LogP contribution < -0.4 is 10.2 Å². The molecule has 6 nitrogen and oxygen atoms in total. The zero-order valence-electron chi connectivity index (χ0n) is 21.1. The number of amides is 1. The molecule has 190 valence electrons. The number of piperidine rings is 1. The number of carbonyl (C=O) groups is 1. The lowest BCUT2D eigenvalue weighted by Crippen LogP contribution is -2.29. The van der Waals surface area contributed by atoms with Crippen molar-refractivity contribution in [1.29, 1.82) is 0 Å². The molecule has 0 atom stereocenters. The van der Waals surface area contributed by atoms with E-state index in [0.29, 0.717) is 16.0 Å². The molecule has 1 amide bonds. The standard InChI is InChI=1S/C29H30ClN5OS/c1-20-10-11-21(2)26(18-20)35-28(24-8-4-5-9-25(24)30)32-33-29(35)37-19-27(36)31-22-12-14-23(15-13-22)34-16-6-3-7-17-34/h4-5,8-15,18H,3,6-7,16-17,19H2,1-2H3,(H,31,36). The van der Waals surface area contributed by atoms with Crippen LogP contribution >= 0.6 is 23.4 Å². The minimum absolute atomic E-state index is 0.0921. The maximum absolute atomic E-state index is 12.9. The molecular weight excluding hydrogens is 502 g/mol. The van der Waals surface area contributed by atoms with Crippen molar-refractivity contribution >= 4 is 40.6 Å². The first-order chi connectivity index (χ1) is 18.0. The van der Waals surface area contributed by atoms with Gasteiger partial charge in [-0.3, -0.25) is 9.36 Å². The molecule has 1 N–H and O–H groups in total. The second-order valence-electron chi connectivity index (χ2n) is 9.34. The third kappa shape index (κ3) is 5.84. The van der Waals surface area contributed by atoms with E-state index in [2.05, 4.69) is 64.6 Å². The van der Waals surface area contributed by atoms with Gasteiger partial charge < -0.3 is 10.2 Å². The fraction of sp³-hybridized carbons (Fsp3) is 0.276. The van der Waals surface area contributed by atoms with Crippen LogP contribution in [0.25, 0.3) is 17.1 Å². The van der Waals surface area contributed by atoms with Crippen molar-refractivity contribution < 1.29 is 4.79 Å². The van der Waals surface area contributed by atoms with Crippen molar-refractivity contribution in [3.63, 3.8) is 0 Å². The second kappa shape index (κ2) is 11.4. The molecule has 0 aliphatic carbocycles. The Hall–Kier alpha value is -3.29. The average molecular weight is 532 g/mol. The van der Waals surface area contributed by atoms with E-state index in [4.69, 9.17) is 11.6 Å². The zero-order chi connectivity index (χ0) is 25.8. The fourth-order valence-electron chi connectivity index (χ4n) is 4.59. The fourth-order valence-corrected chi connectivity index (χ4v) is 5.56. The van der Waals surface area contributed by atoms with Crippen LogP contribution in [0, 0.1) is 13.8 Å². The summed E-state index contributed by atoms with van der Waals surface area (Å²) in [5, 5.41) is 13.2. The molecule has 8 heteroatoms. The molecule has 2 heterocycles. The third-order valence-electron chi connectivity index (χ3n) is 6.56. The number of aromatic nitrogens is 3. The van der Waals surface area contributed by atoms with Gasteiger partial charge in [0.25, 0.3) is 0 Å². The summed E-state index contributed by atoms with van der Waals surface area (Å²) in [6, 6.07) is 22.0. The highest BCUT2D eigenvalue weighted by atomic mass is 35.5. The van der Waals surface area contributed by atoms with Crippen LogP contribution in [0.2, 0.25) is 5.02 Å². The number of halogens is 1. The van der Waals surface area contributed by atoms with E-state index >= 15 is 0 Å². The average Bonchev–Trinajstić information content (AvgIpc) is 3.33. The van der Waals surface area contributed by atoms with Gasteiger partial charge in [-0.05, 0) is 86.7 Å². The molecule has 0 spiro atoms. The number of thioether (sulfide) groups is 1. The highest BCUT2D eigenvalue weighted by Gasteiger charge is 2.20. The van der Waals surface area contributed by atoms with Gasteiger partial charge in [0.05, 0.1) is 16.5 Å². The molecule has 0 bridgehead atoms. The van der Waals surface area contributed by atoms with Gasteiger partial charge in [0.15, 0.2) is 11.0 Å². The molecule has 1 aromatic heterocycles. The molecule has 1 saturated heterocycles. The summed E-state index contributed by atoms with van der Waals surface area (Å²) in [6.45, 7) is 6.30. The predicted molar refractivity (Wildman–Crippen MR) is 153 cm³/mol. The number of hydrogen-bond acceptors (Lipinski definition) is 5. The van der Waals surface area contributed by atoms with E-state index in [1.165, 1.54) is 36.7 Å². The van der Waals surface area contributed by atoms with Crippen LogP contribution in [-0.2, 0) is 4.79 Å². The maximum atomic E-state index is 12.9. The van der Waals surface area contributed by atoms with Gasteiger partial charge >= 0.3 is 0 Å². The van der Waals surface area contributed by atoms with Gasteiger partial charge in [-0.1, -0.05) is 47.6 Å². The normalized spacial score (nSPS) is 13.5. The summed E-state index contributed by atoms with van der Waals surface area (Å²) in [7, 11) is 0. The van der Waals surface area contributed by atoms with Crippen molar-refractivity contribution in [2.45, 2.75) is 38.3 Å². The van der Waals surface area contributed by atoms with Crippen LogP contribution in [0.3, 0.4) is 0 Å². The number of aryl methyl sites for hydroxylation is 2. The van der Waals surface area contributed by atoms with Crippen LogP contribution in [0.5, 0.6) is 0 Å². The van der Waals surface area contributed by atoms with Gasteiger partial charge in [-0.15, -0.1) is 10.2 Å². The Morgan fingerprint density at radius 1 is 0.973 bits per heavy atom. The van der Waals surface area contributed by atoms with Crippen molar-refractivity contribution in [1.82, 2.24) is 14.8 Å². The van der Waals surface area contributed by atoms with E-state index in [1.807, 2.05) is 41.0 Å². The van der Waals surface area contributed by atoms with Crippen LogP contribution in [0.1, 0.15) is 30.4 Å². The summed E-state index contributed by atoms with van der Waals surface area (Å²) in [6.07, 6.45) is 3.78. The van der Waals surface area contributed by atoms with E-state index in [9.17, 15) is 4.79 Å². The van der Waals surface area contributed by atoms with Gasteiger partial charge in [-0.2, -0.15) is 0 Å². The molecule has 4 aromatic rings. The minimum atomic E-state index is -0.0921. The number of benzene rings is 3. The topological polar surface area (TPSA) is 63.1 Å². The van der Waals surface area contributed by atoms with Crippen molar-refractivity contribution in [2.75, 3.05) is 29.1 Å². The molecule has 1 aliphatic rings. The molecule has 5 rings (SSSR count). The molecule has 0 radical (unpaired) electrons. The lowest BCUT2D eigenvalue weighted by atomic mass is 10.1. The summed E-state index contributed by atoms with van der Waals surface area (Å²) >= 11 is 7.88. The number of hydrogen-bond donors (Lipinski definition) is 1. The molecule has 37 heavy (non-hydrogen) atoms. The quantitative estimate of drug-likeness (QED) is 0.262. The first-order valence-electron chi connectivity index (χ1n) is 12.6. The highest BCUT2D eigenvalue weighted by molar-refractivity contribution is 7.99. The number of rotatable bonds is 7. The molecule has 0 saturated carbocycles. The monoisotopic (exact) mass is 531 g/mol. The van der Waals surface area contributed by atoms with Gasteiger partial charge in [-0.25, -0.2) is 0 Å². The lowest BCUT2D eigenvalue weighted by Gasteiger charge is -2.28. The summed E-state index contributed by atoms with van der Waals surface area (Å²) < 4.78 is 1.99. The highest BCUT2D eigenvalue weighted by Crippen LogP contribution is 2.33. The number of nitrogens with zero attached hydrogens (tertiary/aromatic N) is 4. The van der Waals surface area contributed by atoms with Crippen LogP contribution in [0.15, 0.2) is 71.9 Å². The van der Waals surface area contributed by atoms with Gasteiger partial charge in [0.1, 0.15) is 0 Å². The van der Waals surface area contributed by atoms with Crippen molar-refractivity contribution in [3.8, 4) is 17.1 Å². The zero-order valence-corrected chi connectivity index (χ0v) is 22.6. The second-order valence-corrected chi connectivity index (χ2v) is 10.7. The molecular formula is C29H30ClN5OS. The Labute approximate surface area is 227 Å². The molecule has 1 fully saturated rings. The minimum Gasteiger partial charge on any atom is -0.372 e. The van der Waals surface area contributed by atoms with Crippen LogP contribution in [-0.4, -0.2) is 39.5 Å². The molecule has 1 aliphatic heterocycles. The maximum Gasteiger partial charge on any atom is 0.234 e. The van der Waals surface area contributed by atoms with Gasteiger partial charge in [0.2, 0.25) is 5.91 Å². The summed E-state index contributed by atoms with van der Waals surface area (Å²) in [4.78, 5) is 15.3.